The molecule has 86 valence electrons. The molecule has 4 nitrogen and oxygen atoms in total. The van der Waals surface area contributed by atoms with Crippen LogP contribution in [0, 0.1) is 0 Å². The van der Waals surface area contributed by atoms with Gasteiger partial charge in [0.15, 0.2) is 4.96 Å². The number of piperidine rings is 1. The number of aliphatic hydroxyl groups is 1. The Balaban J connectivity index is 1.80. The first-order chi connectivity index (χ1) is 7.75. The first kappa shape index (κ1) is 10.3. The van der Waals surface area contributed by atoms with Crippen molar-refractivity contribution in [1.82, 2.24) is 14.7 Å². The number of fused-ring (bicyclic) bond motifs is 1. The zero-order valence-electron chi connectivity index (χ0n) is 9.02. The van der Waals surface area contributed by atoms with Gasteiger partial charge in [0.2, 0.25) is 0 Å². The number of aromatic nitrogens is 2. The van der Waals surface area contributed by atoms with Gasteiger partial charge in [0.25, 0.3) is 0 Å². The van der Waals surface area contributed by atoms with E-state index < -0.39 is 5.60 Å². The molecule has 1 aliphatic rings. The molecule has 16 heavy (non-hydrogen) atoms. The molecule has 5 heteroatoms. The van der Waals surface area contributed by atoms with Gasteiger partial charge in [-0.05, 0) is 19.4 Å². The third kappa shape index (κ3) is 1.86. The van der Waals surface area contributed by atoms with Crippen LogP contribution in [0.2, 0.25) is 0 Å². The van der Waals surface area contributed by atoms with E-state index in [-0.39, 0.29) is 0 Å². The van der Waals surface area contributed by atoms with Crippen molar-refractivity contribution in [3.8, 4) is 0 Å². The van der Waals surface area contributed by atoms with Crippen LogP contribution in [-0.4, -0.2) is 33.2 Å². The average Bonchev–Trinajstić information content (AvgIpc) is 2.78. The Labute approximate surface area is 97.9 Å². The molecule has 0 spiro atoms. The van der Waals surface area contributed by atoms with E-state index in [9.17, 15) is 5.11 Å². The first-order valence-electron chi connectivity index (χ1n) is 5.59. The summed E-state index contributed by atoms with van der Waals surface area (Å²) in [5.74, 6) is 0. The molecule has 3 rings (SSSR count). The summed E-state index contributed by atoms with van der Waals surface area (Å²) in [7, 11) is 0. The van der Waals surface area contributed by atoms with Crippen LogP contribution in [0.15, 0.2) is 17.8 Å². The Hall–Kier alpha value is -0.910. The van der Waals surface area contributed by atoms with Crippen molar-refractivity contribution in [2.45, 2.75) is 24.9 Å². The number of nitrogens with one attached hydrogen (secondary N) is 1. The van der Waals surface area contributed by atoms with E-state index in [0.717, 1.165) is 30.0 Å². The molecule has 0 aliphatic carbocycles. The number of nitrogens with zero attached hydrogens (tertiary/aromatic N) is 2. The summed E-state index contributed by atoms with van der Waals surface area (Å²) in [6.45, 7) is 1.69. The summed E-state index contributed by atoms with van der Waals surface area (Å²) in [6, 6.07) is 0. The fourth-order valence-corrected chi connectivity index (χ4v) is 3.02. The highest BCUT2D eigenvalue weighted by Crippen LogP contribution is 2.22. The first-order valence-corrected chi connectivity index (χ1v) is 6.47. The van der Waals surface area contributed by atoms with Gasteiger partial charge in [0, 0.05) is 30.7 Å². The number of thiazole rings is 1. The molecule has 0 amide bonds. The van der Waals surface area contributed by atoms with Crippen molar-refractivity contribution in [2.24, 2.45) is 0 Å². The maximum absolute atomic E-state index is 10.4. The predicted molar refractivity (Wildman–Crippen MR) is 63.8 cm³/mol. The standard InChI is InChI=1S/C11H15N3OS/c15-11(2-1-3-12-8-11)6-9-7-14-4-5-16-10(14)13-9/h4-5,7,12,15H,1-3,6,8H2. The van der Waals surface area contributed by atoms with Gasteiger partial charge in [-0.2, -0.15) is 0 Å². The molecule has 1 aliphatic heterocycles. The molecule has 0 aromatic carbocycles. The largest absolute Gasteiger partial charge is 0.388 e. The molecule has 0 bridgehead atoms. The normalized spacial score (nSPS) is 26.3. The van der Waals surface area contributed by atoms with Crippen LogP contribution in [0.1, 0.15) is 18.5 Å². The van der Waals surface area contributed by atoms with Crippen LogP contribution < -0.4 is 5.32 Å². The van der Waals surface area contributed by atoms with Crippen molar-refractivity contribution < 1.29 is 5.11 Å². The van der Waals surface area contributed by atoms with Crippen LogP contribution in [0.4, 0.5) is 0 Å². The highest BCUT2D eigenvalue weighted by atomic mass is 32.1. The van der Waals surface area contributed by atoms with Crippen molar-refractivity contribution in [1.29, 1.82) is 0 Å². The molecule has 0 radical (unpaired) electrons. The zero-order chi connectivity index (χ0) is 11.0. The maximum atomic E-state index is 10.4. The van der Waals surface area contributed by atoms with Gasteiger partial charge in [0.1, 0.15) is 0 Å². The lowest BCUT2D eigenvalue weighted by Crippen LogP contribution is -2.47. The van der Waals surface area contributed by atoms with Crippen molar-refractivity contribution in [3.05, 3.63) is 23.5 Å². The SMILES string of the molecule is OC1(Cc2cn3ccsc3n2)CCCNC1. The minimum absolute atomic E-state index is 0.609. The van der Waals surface area contributed by atoms with E-state index in [1.807, 2.05) is 22.2 Å². The Kier molecular flexibility index (Phi) is 2.46. The fourth-order valence-electron chi connectivity index (χ4n) is 2.30. The Morgan fingerprint density at radius 3 is 3.31 bits per heavy atom. The third-order valence-corrected chi connectivity index (χ3v) is 3.87. The lowest BCUT2D eigenvalue weighted by Gasteiger charge is -2.31. The Morgan fingerprint density at radius 2 is 2.56 bits per heavy atom. The minimum atomic E-state index is -0.609. The van der Waals surface area contributed by atoms with E-state index >= 15 is 0 Å². The molecule has 1 unspecified atom stereocenters. The smallest absolute Gasteiger partial charge is 0.193 e. The number of β-amino-alcohol motifs (C(OH)–C–C–N with tert-alkyl or cyclic N) is 1. The monoisotopic (exact) mass is 237 g/mol. The zero-order valence-corrected chi connectivity index (χ0v) is 9.83. The van der Waals surface area contributed by atoms with Crippen LogP contribution in [-0.2, 0) is 6.42 Å². The molecule has 1 atom stereocenters. The number of rotatable bonds is 2. The van der Waals surface area contributed by atoms with Gasteiger partial charge >= 0.3 is 0 Å². The minimum Gasteiger partial charge on any atom is -0.388 e. The van der Waals surface area contributed by atoms with Gasteiger partial charge in [0.05, 0.1) is 11.3 Å². The fraction of sp³-hybridized carbons (Fsp3) is 0.545. The summed E-state index contributed by atoms with van der Waals surface area (Å²) in [6.07, 6.45) is 6.57. The lowest BCUT2D eigenvalue weighted by atomic mass is 9.90. The molecule has 2 aromatic heterocycles. The molecule has 3 heterocycles. The summed E-state index contributed by atoms with van der Waals surface area (Å²) in [5.41, 5.74) is 0.375. The summed E-state index contributed by atoms with van der Waals surface area (Å²) >= 11 is 1.62. The van der Waals surface area contributed by atoms with E-state index in [4.69, 9.17) is 0 Å². The average molecular weight is 237 g/mol. The van der Waals surface area contributed by atoms with Crippen LogP contribution in [0.3, 0.4) is 0 Å². The predicted octanol–water partition coefficient (Wildman–Crippen LogP) is 1.05. The number of hydrogen-bond donors (Lipinski definition) is 2. The maximum Gasteiger partial charge on any atom is 0.193 e. The van der Waals surface area contributed by atoms with Gasteiger partial charge in [-0.3, -0.25) is 4.40 Å². The third-order valence-electron chi connectivity index (χ3n) is 3.10. The second kappa shape index (κ2) is 3.84. The van der Waals surface area contributed by atoms with Crippen LogP contribution >= 0.6 is 11.3 Å². The van der Waals surface area contributed by atoms with Gasteiger partial charge in [-0.15, -0.1) is 11.3 Å². The van der Waals surface area contributed by atoms with Gasteiger partial charge in [-0.25, -0.2) is 4.98 Å². The van der Waals surface area contributed by atoms with Gasteiger partial charge in [-0.1, -0.05) is 0 Å². The quantitative estimate of drug-likeness (QED) is 0.821. The van der Waals surface area contributed by atoms with Crippen LogP contribution in [0.25, 0.3) is 4.96 Å². The topological polar surface area (TPSA) is 49.6 Å². The van der Waals surface area contributed by atoms with E-state index in [0.29, 0.717) is 13.0 Å². The Bertz CT molecular complexity index is 456. The summed E-state index contributed by atoms with van der Waals surface area (Å²) < 4.78 is 2.01. The van der Waals surface area contributed by atoms with Gasteiger partial charge < -0.3 is 10.4 Å². The molecule has 1 fully saturated rings. The molecule has 1 saturated heterocycles. The van der Waals surface area contributed by atoms with Crippen molar-refractivity contribution in [2.75, 3.05) is 13.1 Å². The summed E-state index contributed by atoms with van der Waals surface area (Å²) in [4.78, 5) is 5.51. The lowest BCUT2D eigenvalue weighted by molar-refractivity contribution is 0.0162. The highest BCUT2D eigenvalue weighted by Gasteiger charge is 2.30. The summed E-state index contributed by atoms with van der Waals surface area (Å²) in [5, 5.41) is 15.6. The Morgan fingerprint density at radius 1 is 1.62 bits per heavy atom. The van der Waals surface area contributed by atoms with E-state index in [1.54, 1.807) is 11.3 Å². The van der Waals surface area contributed by atoms with Crippen molar-refractivity contribution >= 4 is 16.3 Å². The van der Waals surface area contributed by atoms with E-state index in [2.05, 4.69) is 10.3 Å². The van der Waals surface area contributed by atoms with Crippen molar-refractivity contribution in [3.63, 3.8) is 0 Å². The molecule has 2 N–H and O–H groups in total. The molecule has 2 aromatic rings. The van der Waals surface area contributed by atoms with Crippen LogP contribution in [0.5, 0.6) is 0 Å². The molecular weight excluding hydrogens is 222 g/mol. The molecular formula is C11H15N3OS. The molecule has 0 saturated carbocycles. The number of hydrogen-bond acceptors (Lipinski definition) is 4. The second-order valence-electron chi connectivity index (χ2n) is 4.51. The number of imidazole rings is 1. The highest BCUT2D eigenvalue weighted by molar-refractivity contribution is 7.15. The second-order valence-corrected chi connectivity index (χ2v) is 5.38. The van der Waals surface area contributed by atoms with E-state index in [1.165, 1.54) is 0 Å².